The van der Waals surface area contributed by atoms with Crippen LogP contribution < -0.4 is 19.5 Å². The molecule has 24 heavy (non-hydrogen) atoms. The van der Waals surface area contributed by atoms with Crippen LogP contribution in [0.15, 0.2) is 18.2 Å². The van der Waals surface area contributed by atoms with E-state index in [0.29, 0.717) is 46.8 Å². The van der Waals surface area contributed by atoms with Crippen molar-refractivity contribution in [1.82, 2.24) is 9.97 Å². The van der Waals surface area contributed by atoms with Crippen LogP contribution in [0.25, 0.3) is 0 Å². The van der Waals surface area contributed by atoms with Gasteiger partial charge in [-0.2, -0.15) is 9.97 Å². The van der Waals surface area contributed by atoms with Gasteiger partial charge < -0.3 is 19.5 Å². The summed E-state index contributed by atoms with van der Waals surface area (Å²) in [4.78, 5) is 21.1. The molecular formula is C17H21N3O4. The molecule has 0 aliphatic heterocycles. The van der Waals surface area contributed by atoms with Crippen LogP contribution in [0.5, 0.6) is 17.5 Å². The summed E-state index contributed by atoms with van der Waals surface area (Å²) in [6.07, 6.45) is 0. The molecule has 0 bridgehead atoms. The van der Waals surface area contributed by atoms with E-state index in [1.54, 1.807) is 32.0 Å². The summed E-state index contributed by atoms with van der Waals surface area (Å²) in [6.45, 7) is 5.91. The average Bonchev–Trinajstić information content (AvgIpc) is 2.57. The fourth-order valence-corrected chi connectivity index (χ4v) is 2.31. The van der Waals surface area contributed by atoms with Gasteiger partial charge in [-0.25, -0.2) is 0 Å². The number of hydrogen-bond donors (Lipinski definition) is 1. The third-order valence-electron chi connectivity index (χ3n) is 3.41. The Morgan fingerprint density at radius 1 is 1.12 bits per heavy atom. The summed E-state index contributed by atoms with van der Waals surface area (Å²) in [5, 5.41) is 2.84. The van der Waals surface area contributed by atoms with E-state index in [0.717, 1.165) is 0 Å². The van der Waals surface area contributed by atoms with E-state index in [-0.39, 0.29) is 5.91 Å². The minimum atomic E-state index is -0.329. The maximum atomic E-state index is 12.6. The van der Waals surface area contributed by atoms with E-state index in [9.17, 15) is 4.79 Å². The molecule has 0 saturated carbocycles. The number of carbonyl (C=O) groups excluding carboxylic acids is 1. The normalized spacial score (nSPS) is 10.2. The first-order valence-corrected chi connectivity index (χ1v) is 7.52. The Balaban J connectivity index is 2.34. The maximum Gasteiger partial charge on any atom is 0.316 e. The van der Waals surface area contributed by atoms with Gasteiger partial charge in [0.05, 0.1) is 43.5 Å². The summed E-state index contributed by atoms with van der Waals surface area (Å²) in [5.41, 5.74) is 2.17. The number of aryl methyl sites for hydroxylation is 2. The van der Waals surface area contributed by atoms with E-state index >= 15 is 0 Å². The molecule has 128 valence electrons. The zero-order valence-corrected chi connectivity index (χ0v) is 14.5. The molecule has 2 aromatic rings. The second-order valence-corrected chi connectivity index (χ2v) is 4.98. The van der Waals surface area contributed by atoms with E-state index < -0.39 is 0 Å². The molecule has 7 nitrogen and oxygen atoms in total. The number of nitrogens with zero attached hydrogens (tertiary/aromatic N) is 2. The van der Waals surface area contributed by atoms with Crippen molar-refractivity contribution in [2.75, 3.05) is 26.1 Å². The van der Waals surface area contributed by atoms with Crippen LogP contribution in [0.4, 0.5) is 5.69 Å². The number of methoxy groups -OCH3 is 2. The highest BCUT2D eigenvalue weighted by molar-refractivity contribution is 6.07. The van der Waals surface area contributed by atoms with Crippen molar-refractivity contribution in [3.8, 4) is 17.5 Å². The number of rotatable bonds is 6. The molecule has 2 rings (SSSR count). The molecule has 0 atom stereocenters. The number of para-hydroxylation sites is 1. The smallest absolute Gasteiger partial charge is 0.316 e. The third-order valence-corrected chi connectivity index (χ3v) is 3.41. The van der Waals surface area contributed by atoms with Gasteiger partial charge in [-0.3, -0.25) is 4.79 Å². The first-order chi connectivity index (χ1) is 11.5. The summed E-state index contributed by atoms with van der Waals surface area (Å²) >= 11 is 0. The molecular weight excluding hydrogens is 310 g/mol. The first kappa shape index (κ1) is 17.5. The van der Waals surface area contributed by atoms with Crippen LogP contribution in [0.1, 0.15) is 28.7 Å². The maximum absolute atomic E-state index is 12.6. The molecule has 1 N–H and O–H groups in total. The lowest BCUT2D eigenvalue weighted by atomic mass is 10.1. The van der Waals surface area contributed by atoms with Gasteiger partial charge in [-0.15, -0.1) is 0 Å². The molecule has 0 fully saturated rings. The number of hydrogen-bond acceptors (Lipinski definition) is 6. The van der Waals surface area contributed by atoms with Crippen LogP contribution in [-0.2, 0) is 0 Å². The fraction of sp³-hybridized carbons (Fsp3) is 0.353. The highest BCUT2D eigenvalue weighted by Crippen LogP contribution is 2.31. The van der Waals surface area contributed by atoms with Crippen molar-refractivity contribution in [3.05, 3.63) is 35.2 Å². The molecule has 7 heteroatoms. The van der Waals surface area contributed by atoms with Crippen molar-refractivity contribution in [3.63, 3.8) is 0 Å². The summed E-state index contributed by atoms with van der Waals surface area (Å²) in [7, 11) is 3.01. The number of nitrogens with one attached hydrogen (secondary N) is 1. The molecule has 1 aromatic carbocycles. The Hall–Kier alpha value is -2.83. The van der Waals surface area contributed by atoms with Gasteiger partial charge in [0.2, 0.25) is 0 Å². The average molecular weight is 331 g/mol. The number of amides is 1. The summed E-state index contributed by atoms with van der Waals surface area (Å²) < 4.78 is 15.8. The first-order valence-electron chi connectivity index (χ1n) is 7.52. The standard InChI is InChI=1S/C17H21N3O4/c1-6-24-17-18-10(2)14(11(3)19-17)20-16(21)12-8-7-9-13(22-4)15(12)23-5/h7-9H,6H2,1-5H3,(H,20,21). The van der Waals surface area contributed by atoms with Gasteiger partial charge in [0, 0.05) is 0 Å². The van der Waals surface area contributed by atoms with Gasteiger partial charge in [-0.05, 0) is 32.9 Å². The van der Waals surface area contributed by atoms with Crippen molar-refractivity contribution < 1.29 is 19.0 Å². The molecule has 0 spiro atoms. The van der Waals surface area contributed by atoms with Crippen LogP contribution in [0, 0.1) is 13.8 Å². The Morgan fingerprint density at radius 2 is 1.79 bits per heavy atom. The molecule has 0 aliphatic carbocycles. The van der Waals surface area contributed by atoms with E-state index in [1.165, 1.54) is 14.2 Å². The minimum Gasteiger partial charge on any atom is -0.493 e. The largest absolute Gasteiger partial charge is 0.493 e. The fourth-order valence-electron chi connectivity index (χ4n) is 2.31. The zero-order valence-electron chi connectivity index (χ0n) is 14.5. The predicted octanol–water partition coefficient (Wildman–Crippen LogP) is 2.76. The lowest BCUT2D eigenvalue weighted by molar-refractivity contribution is 0.102. The molecule has 0 radical (unpaired) electrons. The van der Waals surface area contributed by atoms with Crippen molar-refractivity contribution in [1.29, 1.82) is 0 Å². The lowest BCUT2D eigenvalue weighted by Crippen LogP contribution is -2.16. The summed E-state index contributed by atoms with van der Waals surface area (Å²) in [5.74, 6) is 0.533. The van der Waals surface area contributed by atoms with Crippen LogP contribution in [-0.4, -0.2) is 36.7 Å². The minimum absolute atomic E-state index is 0.296. The Morgan fingerprint density at radius 3 is 2.33 bits per heavy atom. The van der Waals surface area contributed by atoms with Crippen LogP contribution in [0.3, 0.4) is 0 Å². The lowest BCUT2D eigenvalue weighted by Gasteiger charge is -2.15. The molecule has 1 amide bonds. The van der Waals surface area contributed by atoms with Crippen LogP contribution in [0.2, 0.25) is 0 Å². The zero-order chi connectivity index (χ0) is 17.7. The number of aromatic nitrogens is 2. The molecule has 0 unspecified atom stereocenters. The number of anilines is 1. The third kappa shape index (κ3) is 3.56. The van der Waals surface area contributed by atoms with Gasteiger partial charge in [0.1, 0.15) is 0 Å². The van der Waals surface area contributed by atoms with Crippen molar-refractivity contribution in [2.24, 2.45) is 0 Å². The van der Waals surface area contributed by atoms with Crippen LogP contribution >= 0.6 is 0 Å². The van der Waals surface area contributed by atoms with E-state index in [2.05, 4.69) is 15.3 Å². The SMILES string of the molecule is CCOc1nc(C)c(NC(=O)c2cccc(OC)c2OC)c(C)n1. The van der Waals surface area contributed by atoms with Gasteiger partial charge in [0.25, 0.3) is 5.91 Å². The van der Waals surface area contributed by atoms with E-state index in [1.807, 2.05) is 6.92 Å². The highest BCUT2D eigenvalue weighted by atomic mass is 16.5. The highest BCUT2D eigenvalue weighted by Gasteiger charge is 2.19. The number of carbonyl (C=O) groups is 1. The predicted molar refractivity (Wildman–Crippen MR) is 90.2 cm³/mol. The number of benzene rings is 1. The van der Waals surface area contributed by atoms with E-state index in [4.69, 9.17) is 14.2 Å². The summed E-state index contributed by atoms with van der Waals surface area (Å²) in [6, 6.07) is 5.41. The Kier molecular flexibility index (Phi) is 5.57. The van der Waals surface area contributed by atoms with Crippen molar-refractivity contribution in [2.45, 2.75) is 20.8 Å². The monoisotopic (exact) mass is 331 g/mol. The Bertz CT molecular complexity index is 724. The molecule has 0 aliphatic rings. The second-order valence-electron chi connectivity index (χ2n) is 4.98. The molecule has 1 aromatic heterocycles. The quantitative estimate of drug-likeness (QED) is 0.876. The Labute approximate surface area is 141 Å². The van der Waals surface area contributed by atoms with Gasteiger partial charge in [-0.1, -0.05) is 6.07 Å². The van der Waals surface area contributed by atoms with Gasteiger partial charge >= 0.3 is 6.01 Å². The van der Waals surface area contributed by atoms with Gasteiger partial charge in [0.15, 0.2) is 11.5 Å². The van der Waals surface area contributed by atoms with Crippen molar-refractivity contribution >= 4 is 11.6 Å². The molecule has 1 heterocycles. The second kappa shape index (κ2) is 7.63. The molecule has 0 saturated heterocycles. The topological polar surface area (TPSA) is 82.6 Å². The number of ether oxygens (including phenoxy) is 3.